The number of hydrogen-bond donors (Lipinski definition) is 1. The van der Waals surface area contributed by atoms with Crippen LogP contribution in [0.5, 0.6) is 11.5 Å². The number of amides is 1. The molecule has 0 aliphatic rings. The van der Waals surface area contributed by atoms with E-state index in [0.717, 1.165) is 11.3 Å². The fourth-order valence-corrected chi connectivity index (χ4v) is 4.62. The van der Waals surface area contributed by atoms with Crippen molar-refractivity contribution in [3.05, 3.63) is 53.6 Å². The van der Waals surface area contributed by atoms with Gasteiger partial charge in [-0.25, -0.2) is 8.42 Å². The van der Waals surface area contributed by atoms with Crippen molar-refractivity contribution < 1.29 is 22.7 Å². The first kappa shape index (κ1) is 22.7. The van der Waals surface area contributed by atoms with E-state index in [1.165, 1.54) is 23.5 Å². The van der Waals surface area contributed by atoms with E-state index in [2.05, 4.69) is 5.32 Å². The molecule has 0 spiro atoms. The van der Waals surface area contributed by atoms with Crippen molar-refractivity contribution in [2.75, 3.05) is 27.3 Å². The van der Waals surface area contributed by atoms with Crippen LogP contribution in [0, 0.1) is 0 Å². The molecule has 0 fully saturated rings. The first-order valence-corrected chi connectivity index (χ1v) is 10.8. The maximum atomic E-state index is 13.0. The zero-order chi connectivity index (χ0) is 21.6. The van der Waals surface area contributed by atoms with Gasteiger partial charge in [0.25, 0.3) is 5.91 Å². The molecule has 2 aromatic rings. The van der Waals surface area contributed by atoms with E-state index in [1.807, 2.05) is 31.2 Å². The second kappa shape index (κ2) is 9.76. The Morgan fingerprint density at radius 3 is 2.17 bits per heavy atom. The number of carbonyl (C=O) groups excluding carboxylic acids is 1. The summed E-state index contributed by atoms with van der Waals surface area (Å²) in [6.07, 6.45) is 0. The molecule has 2 aromatic carbocycles. The van der Waals surface area contributed by atoms with E-state index < -0.39 is 10.0 Å². The van der Waals surface area contributed by atoms with Gasteiger partial charge in [0.2, 0.25) is 10.0 Å². The summed E-state index contributed by atoms with van der Waals surface area (Å²) in [7, 11) is -0.778. The van der Waals surface area contributed by atoms with Crippen LogP contribution >= 0.6 is 0 Å². The van der Waals surface area contributed by atoms with Gasteiger partial charge in [-0.1, -0.05) is 26.0 Å². The minimum Gasteiger partial charge on any atom is -0.497 e. The lowest BCUT2D eigenvalue weighted by molar-refractivity contribution is 0.0939. The van der Waals surface area contributed by atoms with Crippen molar-refractivity contribution in [3.63, 3.8) is 0 Å². The van der Waals surface area contributed by atoms with Crippen LogP contribution in [0.15, 0.2) is 47.4 Å². The van der Waals surface area contributed by atoms with E-state index in [9.17, 15) is 13.2 Å². The molecule has 158 valence electrons. The van der Waals surface area contributed by atoms with Crippen molar-refractivity contribution in [1.29, 1.82) is 0 Å². The highest BCUT2D eigenvalue weighted by atomic mass is 32.2. The minimum atomic E-state index is -3.77. The average Bonchev–Trinajstić information content (AvgIpc) is 2.73. The van der Waals surface area contributed by atoms with Gasteiger partial charge < -0.3 is 14.8 Å². The molecule has 0 aromatic heterocycles. The van der Waals surface area contributed by atoms with E-state index in [-0.39, 0.29) is 28.2 Å². The summed E-state index contributed by atoms with van der Waals surface area (Å²) in [5.41, 5.74) is 1.15. The first-order valence-electron chi connectivity index (χ1n) is 9.41. The topological polar surface area (TPSA) is 84.9 Å². The lowest BCUT2D eigenvalue weighted by atomic mass is 10.1. The third-order valence-electron chi connectivity index (χ3n) is 4.71. The molecular weight excluding hydrogens is 392 g/mol. The Balaban J connectivity index is 2.31. The molecule has 7 nitrogen and oxygen atoms in total. The van der Waals surface area contributed by atoms with Gasteiger partial charge in [0, 0.05) is 18.7 Å². The number of ether oxygens (including phenoxy) is 2. The molecule has 1 N–H and O–H groups in total. The van der Waals surface area contributed by atoms with Crippen molar-refractivity contribution in [2.45, 2.75) is 31.7 Å². The van der Waals surface area contributed by atoms with Gasteiger partial charge in [0.1, 0.15) is 16.4 Å². The minimum absolute atomic E-state index is 0.0200. The monoisotopic (exact) mass is 420 g/mol. The number of methoxy groups -OCH3 is 2. The van der Waals surface area contributed by atoms with Crippen molar-refractivity contribution in [3.8, 4) is 11.5 Å². The summed E-state index contributed by atoms with van der Waals surface area (Å²) < 4.78 is 37.6. The van der Waals surface area contributed by atoms with Gasteiger partial charge in [-0.05, 0) is 42.8 Å². The third kappa shape index (κ3) is 5.07. The number of rotatable bonds is 9. The number of nitrogens with zero attached hydrogens (tertiary/aromatic N) is 1. The predicted octanol–water partition coefficient (Wildman–Crippen LogP) is 3.23. The third-order valence-corrected chi connectivity index (χ3v) is 6.78. The molecule has 0 bridgehead atoms. The molecule has 1 atom stereocenters. The maximum absolute atomic E-state index is 13.0. The molecule has 0 heterocycles. The molecule has 2 rings (SSSR count). The van der Waals surface area contributed by atoms with E-state index in [1.54, 1.807) is 27.0 Å². The number of sulfonamides is 1. The Kier molecular flexibility index (Phi) is 7.64. The molecule has 29 heavy (non-hydrogen) atoms. The highest BCUT2D eigenvalue weighted by Gasteiger charge is 2.27. The number of nitrogens with one attached hydrogen (secondary N) is 1. The number of benzene rings is 2. The molecule has 0 radical (unpaired) electrons. The van der Waals surface area contributed by atoms with Crippen molar-refractivity contribution >= 4 is 15.9 Å². The van der Waals surface area contributed by atoms with Crippen molar-refractivity contribution in [1.82, 2.24) is 9.62 Å². The molecule has 8 heteroatoms. The Bertz CT molecular complexity index is 938. The standard InChI is InChI=1S/C21H28N2O5S/c1-6-23(7-2)29(25,26)20-14-17(10-13-19(20)28-5)21(24)22-15(3)16-8-11-18(27-4)12-9-16/h8-15H,6-7H2,1-5H3,(H,22,24). The van der Waals surface area contributed by atoms with Crippen LogP contribution in [0.1, 0.15) is 42.7 Å². The zero-order valence-electron chi connectivity index (χ0n) is 17.4. The van der Waals surface area contributed by atoms with Gasteiger partial charge >= 0.3 is 0 Å². The van der Waals surface area contributed by atoms with Gasteiger partial charge in [0.15, 0.2) is 0 Å². The van der Waals surface area contributed by atoms with Crippen LogP contribution in [-0.2, 0) is 10.0 Å². The SMILES string of the molecule is CCN(CC)S(=O)(=O)c1cc(C(=O)NC(C)c2ccc(OC)cc2)ccc1OC. The fraction of sp³-hybridized carbons (Fsp3) is 0.381. The van der Waals surface area contributed by atoms with E-state index in [0.29, 0.717) is 13.1 Å². The van der Waals surface area contributed by atoms with Gasteiger partial charge in [-0.3, -0.25) is 4.79 Å². The Labute approximate surface area is 172 Å². The Morgan fingerprint density at radius 2 is 1.66 bits per heavy atom. The van der Waals surface area contributed by atoms with Crippen molar-refractivity contribution in [2.24, 2.45) is 0 Å². The summed E-state index contributed by atoms with van der Waals surface area (Å²) in [4.78, 5) is 12.7. The van der Waals surface area contributed by atoms with E-state index >= 15 is 0 Å². The summed E-state index contributed by atoms with van der Waals surface area (Å²) in [5.74, 6) is 0.567. The fourth-order valence-electron chi connectivity index (χ4n) is 2.98. The predicted molar refractivity (Wildman–Crippen MR) is 112 cm³/mol. The van der Waals surface area contributed by atoms with Crippen LogP contribution in [0.2, 0.25) is 0 Å². The smallest absolute Gasteiger partial charge is 0.251 e. The van der Waals surface area contributed by atoms with Gasteiger partial charge in [0.05, 0.1) is 20.3 Å². The molecule has 0 aliphatic heterocycles. The van der Waals surface area contributed by atoms with Gasteiger partial charge in [-0.2, -0.15) is 4.31 Å². The number of hydrogen-bond acceptors (Lipinski definition) is 5. The lowest BCUT2D eigenvalue weighted by Gasteiger charge is -2.21. The summed E-state index contributed by atoms with van der Waals surface area (Å²) in [6.45, 7) is 6.04. The molecule has 1 amide bonds. The lowest BCUT2D eigenvalue weighted by Crippen LogP contribution is -2.31. The van der Waals surface area contributed by atoms with Crippen LogP contribution in [0.4, 0.5) is 0 Å². The molecular formula is C21H28N2O5S. The number of carbonyl (C=O) groups is 1. The summed E-state index contributed by atoms with van der Waals surface area (Å²) in [5, 5.41) is 2.89. The normalized spacial score (nSPS) is 12.5. The largest absolute Gasteiger partial charge is 0.497 e. The van der Waals surface area contributed by atoms with Crippen LogP contribution in [0.3, 0.4) is 0 Å². The summed E-state index contributed by atoms with van der Waals surface area (Å²) >= 11 is 0. The molecule has 0 aliphatic carbocycles. The average molecular weight is 421 g/mol. The Morgan fingerprint density at radius 1 is 1.03 bits per heavy atom. The first-order chi connectivity index (χ1) is 13.8. The zero-order valence-corrected chi connectivity index (χ0v) is 18.2. The van der Waals surface area contributed by atoms with E-state index in [4.69, 9.17) is 9.47 Å². The second-order valence-corrected chi connectivity index (χ2v) is 8.33. The van der Waals surface area contributed by atoms with Crippen LogP contribution < -0.4 is 14.8 Å². The van der Waals surface area contributed by atoms with Crippen LogP contribution in [0.25, 0.3) is 0 Å². The second-order valence-electron chi connectivity index (χ2n) is 6.42. The quantitative estimate of drug-likeness (QED) is 0.673. The highest BCUT2D eigenvalue weighted by molar-refractivity contribution is 7.89. The molecule has 0 saturated heterocycles. The summed E-state index contributed by atoms with van der Waals surface area (Å²) in [6, 6.07) is 11.5. The Hall–Kier alpha value is -2.58. The highest BCUT2D eigenvalue weighted by Crippen LogP contribution is 2.28. The molecule has 0 saturated carbocycles. The maximum Gasteiger partial charge on any atom is 0.251 e. The van der Waals surface area contributed by atoms with Gasteiger partial charge in [-0.15, -0.1) is 0 Å². The van der Waals surface area contributed by atoms with Crippen LogP contribution in [-0.4, -0.2) is 45.9 Å². The molecule has 1 unspecified atom stereocenters.